The van der Waals surface area contributed by atoms with Gasteiger partial charge in [-0.3, -0.25) is 0 Å². The van der Waals surface area contributed by atoms with Crippen molar-refractivity contribution in [1.82, 2.24) is 4.90 Å². The summed E-state index contributed by atoms with van der Waals surface area (Å²) >= 11 is 0. The number of aliphatic hydroxyl groups is 1. The fourth-order valence-electron chi connectivity index (χ4n) is 1.78. The van der Waals surface area contributed by atoms with Crippen molar-refractivity contribution in [2.75, 3.05) is 26.3 Å². The summed E-state index contributed by atoms with van der Waals surface area (Å²) in [6.45, 7) is 4.04. The smallest absolute Gasteiger partial charge is 0.102 e. The average Bonchev–Trinajstić information content (AvgIpc) is 2.06. The molecule has 1 fully saturated rings. The number of hydrogen-bond donors (Lipinski definition) is 1. The molecule has 1 rings (SSSR count). The highest BCUT2D eigenvalue weighted by atomic mass is 19.1. The Labute approximate surface area is 73.4 Å². The maximum absolute atomic E-state index is 11.9. The van der Waals surface area contributed by atoms with Crippen LogP contribution >= 0.6 is 0 Å². The standard InChI is InChI=1S/C9H18FNO/c1-8(12)9-2-5-11(6-3-9)7-4-10/h8-9,12H,2-7H2,1H3. The quantitative estimate of drug-likeness (QED) is 0.693. The molecule has 1 saturated heterocycles. The Kier molecular flexibility index (Phi) is 3.95. The highest BCUT2D eigenvalue weighted by Gasteiger charge is 2.21. The Morgan fingerprint density at radius 3 is 2.50 bits per heavy atom. The number of hydrogen-bond acceptors (Lipinski definition) is 2. The molecule has 1 atom stereocenters. The van der Waals surface area contributed by atoms with Gasteiger partial charge in [0.05, 0.1) is 6.10 Å². The molecule has 0 bridgehead atoms. The maximum atomic E-state index is 11.9. The van der Waals surface area contributed by atoms with Crippen molar-refractivity contribution in [2.24, 2.45) is 5.92 Å². The third-order valence-electron chi connectivity index (χ3n) is 2.72. The van der Waals surface area contributed by atoms with Crippen LogP contribution in [0.15, 0.2) is 0 Å². The van der Waals surface area contributed by atoms with E-state index < -0.39 is 0 Å². The number of piperidine rings is 1. The minimum absolute atomic E-state index is 0.197. The third kappa shape index (κ3) is 2.72. The van der Waals surface area contributed by atoms with Crippen LogP contribution in [0.2, 0.25) is 0 Å². The van der Waals surface area contributed by atoms with Gasteiger partial charge in [0.1, 0.15) is 6.67 Å². The van der Waals surface area contributed by atoms with Gasteiger partial charge in [-0.2, -0.15) is 0 Å². The second-order valence-electron chi connectivity index (χ2n) is 3.61. The van der Waals surface area contributed by atoms with Crippen molar-refractivity contribution in [3.8, 4) is 0 Å². The molecule has 12 heavy (non-hydrogen) atoms. The number of alkyl halides is 1. The van der Waals surface area contributed by atoms with Crippen molar-refractivity contribution in [1.29, 1.82) is 0 Å². The van der Waals surface area contributed by atoms with Crippen molar-refractivity contribution in [3.05, 3.63) is 0 Å². The largest absolute Gasteiger partial charge is 0.393 e. The molecule has 0 amide bonds. The second-order valence-corrected chi connectivity index (χ2v) is 3.61. The van der Waals surface area contributed by atoms with Gasteiger partial charge < -0.3 is 10.0 Å². The Morgan fingerprint density at radius 2 is 2.08 bits per heavy atom. The zero-order valence-electron chi connectivity index (χ0n) is 7.67. The van der Waals surface area contributed by atoms with E-state index in [2.05, 4.69) is 4.90 Å². The summed E-state index contributed by atoms with van der Waals surface area (Å²) in [5.74, 6) is 0.431. The number of likely N-dealkylation sites (tertiary alicyclic amines) is 1. The van der Waals surface area contributed by atoms with Crippen LogP contribution in [0.3, 0.4) is 0 Å². The molecular weight excluding hydrogens is 157 g/mol. The lowest BCUT2D eigenvalue weighted by Crippen LogP contribution is -2.38. The molecular formula is C9H18FNO. The molecule has 0 aromatic rings. The van der Waals surface area contributed by atoms with Gasteiger partial charge >= 0.3 is 0 Å². The summed E-state index contributed by atoms with van der Waals surface area (Å²) in [6, 6.07) is 0. The van der Waals surface area contributed by atoms with Gasteiger partial charge in [-0.15, -0.1) is 0 Å². The maximum Gasteiger partial charge on any atom is 0.102 e. The number of nitrogens with zero attached hydrogens (tertiary/aromatic N) is 1. The first-order valence-electron chi connectivity index (χ1n) is 4.70. The van der Waals surface area contributed by atoms with Gasteiger partial charge in [-0.05, 0) is 38.8 Å². The molecule has 1 N–H and O–H groups in total. The lowest BCUT2D eigenvalue weighted by Gasteiger charge is -2.32. The van der Waals surface area contributed by atoms with Crippen LogP contribution in [-0.4, -0.2) is 42.4 Å². The van der Waals surface area contributed by atoms with Crippen LogP contribution in [0.5, 0.6) is 0 Å². The van der Waals surface area contributed by atoms with Crippen LogP contribution in [0.4, 0.5) is 4.39 Å². The summed E-state index contributed by atoms with van der Waals surface area (Å²) < 4.78 is 11.9. The molecule has 1 heterocycles. The van der Waals surface area contributed by atoms with E-state index in [0.717, 1.165) is 25.9 Å². The van der Waals surface area contributed by atoms with Crippen molar-refractivity contribution < 1.29 is 9.50 Å². The predicted octanol–water partition coefficient (Wildman–Crippen LogP) is 1.05. The van der Waals surface area contributed by atoms with E-state index >= 15 is 0 Å². The molecule has 0 aromatic carbocycles. The van der Waals surface area contributed by atoms with Crippen molar-refractivity contribution in [3.63, 3.8) is 0 Å². The van der Waals surface area contributed by atoms with Crippen LogP contribution in [0.25, 0.3) is 0 Å². The summed E-state index contributed by atoms with van der Waals surface area (Å²) in [5.41, 5.74) is 0. The van der Waals surface area contributed by atoms with Crippen LogP contribution in [0.1, 0.15) is 19.8 Å². The molecule has 3 heteroatoms. The van der Waals surface area contributed by atoms with E-state index in [1.165, 1.54) is 0 Å². The van der Waals surface area contributed by atoms with E-state index in [9.17, 15) is 9.50 Å². The topological polar surface area (TPSA) is 23.5 Å². The molecule has 0 radical (unpaired) electrons. The first-order valence-corrected chi connectivity index (χ1v) is 4.70. The van der Waals surface area contributed by atoms with E-state index in [0.29, 0.717) is 12.5 Å². The minimum atomic E-state index is -0.251. The van der Waals surface area contributed by atoms with E-state index in [1.807, 2.05) is 6.92 Å². The summed E-state index contributed by atoms with van der Waals surface area (Å²) in [6.07, 6.45) is 1.83. The Balaban J connectivity index is 2.20. The Morgan fingerprint density at radius 1 is 1.50 bits per heavy atom. The zero-order chi connectivity index (χ0) is 8.97. The van der Waals surface area contributed by atoms with E-state index in [1.54, 1.807) is 0 Å². The first-order chi connectivity index (χ1) is 5.74. The first kappa shape index (κ1) is 9.93. The van der Waals surface area contributed by atoms with Crippen molar-refractivity contribution in [2.45, 2.75) is 25.9 Å². The SMILES string of the molecule is CC(O)C1CCN(CCF)CC1. The molecule has 2 nitrogen and oxygen atoms in total. The Bertz CT molecular complexity index is 122. The van der Waals surface area contributed by atoms with Gasteiger partial charge in [0.25, 0.3) is 0 Å². The lowest BCUT2D eigenvalue weighted by atomic mass is 9.92. The molecule has 0 aliphatic carbocycles. The fraction of sp³-hybridized carbons (Fsp3) is 1.00. The van der Waals surface area contributed by atoms with Gasteiger partial charge in [-0.1, -0.05) is 0 Å². The normalized spacial score (nSPS) is 24.2. The summed E-state index contributed by atoms with van der Waals surface area (Å²) in [7, 11) is 0. The number of rotatable bonds is 3. The number of aliphatic hydroxyl groups excluding tert-OH is 1. The molecule has 0 spiro atoms. The Hall–Kier alpha value is -0.150. The fourth-order valence-corrected chi connectivity index (χ4v) is 1.78. The van der Waals surface area contributed by atoms with Crippen LogP contribution in [0, 0.1) is 5.92 Å². The summed E-state index contributed by atoms with van der Waals surface area (Å²) in [5, 5.41) is 9.30. The van der Waals surface area contributed by atoms with Gasteiger partial charge in [0, 0.05) is 6.54 Å². The van der Waals surface area contributed by atoms with Crippen LogP contribution in [-0.2, 0) is 0 Å². The third-order valence-corrected chi connectivity index (χ3v) is 2.72. The van der Waals surface area contributed by atoms with Crippen molar-refractivity contribution >= 4 is 0 Å². The second kappa shape index (κ2) is 4.77. The van der Waals surface area contributed by atoms with Gasteiger partial charge in [0.2, 0.25) is 0 Å². The average molecular weight is 175 g/mol. The zero-order valence-corrected chi connectivity index (χ0v) is 7.67. The van der Waals surface area contributed by atoms with Gasteiger partial charge in [0.15, 0.2) is 0 Å². The highest BCUT2D eigenvalue weighted by molar-refractivity contribution is 4.74. The monoisotopic (exact) mass is 175 g/mol. The molecule has 0 saturated carbocycles. The minimum Gasteiger partial charge on any atom is -0.393 e. The molecule has 0 aromatic heterocycles. The molecule has 72 valence electrons. The molecule has 1 unspecified atom stereocenters. The molecule has 1 aliphatic heterocycles. The number of halogens is 1. The van der Waals surface area contributed by atoms with Gasteiger partial charge in [-0.25, -0.2) is 4.39 Å². The summed E-state index contributed by atoms with van der Waals surface area (Å²) in [4.78, 5) is 2.12. The lowest BCUT2D eigenvalue weighted by molar-refractivity contribution is 0.0700. The predicted molar refractivity (Wildman–Crippen MR) is 46.8 cm³/mol. The van der Waals surface area contributed by atoms with E-state index in [4.69, 9.17) is 0 Å². The molecule has 1 aliphatic rings. The van der Waals surface area contributed by atoms with E-state index in [-0.39, 0.29) is 12.8 Å². The van der Waals surface area contributed by atoms with Crippen LogP contribution < -0.4 is 0 Å². The highest BCUT2D eigenvalue weighted by Crippen LogP contribution is 2.19.